The van der Waals surface area contributed by atoms with Gasteiger partial charge >= 0.3 is 5.97 Å². The second-order valence-electron chi connectivity index (χ2n) is 7.93. The second-order valence-corrected chi connectivity index (χ2v) is 7.93. The number of rotatable bonds is 7. The molecule has 1 saturated carbocycles. The molecule has 1 aliphatic carbocycles. The average Bonchev–Trinajstić information content (AvgIpc) is 3.35. The van der Waals surface area contributed by atoms with Crippen LogP contribution in [0.3, 0.4) is 0 Å². The Balaban J connectivity index is 1.57. The third kappa shape index (κ3) is 4.72. The van der Waals surface area contributed by atoms with Crippen LogP contribution in [0.5, 0.6) is 0 Å². The SMILES string of the molecule is CC[C@@H](C)c1ccccc1N1C[C@@H](C(=O)OCC(=O)NC2CCCC2)CC1=O. The van der Waals surface area contributed by atoms with Crippen LogP contribution in [0.4, 0.5) is 5.69 Å². The summed E-state index contributed by atoms with van der Waals surface area (Å²) in [6.07, 6.45) is 5.33. The normalized spacial score (nSPS) is 21.0. The lowest BCUT2D eigenvalue weighted by molar-refractivity contribution is -0.152. The zero-order valence-corrected chi connectivity index (χ0v) is 16.8. The lowest BCUT2D eigenvalue weighted by Gasteiger charge is -2.23. The Morgan fingerprint density at radius 1 is 1.25 bits per heavy atom. The van der Waals surface area contributed by atoms with E-state index in [-0.39, 0.29) is 30.9 Å². The first kappa shape index (κ1) is 20.4. The van der Waals surface area contributed by atoms with Crippen LogP contribution >= 0.6 is 0 Å². The Labute approximate surface area is 166 Å². The minimum Gasteiger partial charge on any atom is -0.455 e. The van der Waals surface area contributed by atoms with Crippen molar-refractivity contribution in [2.45, 2.75) is 64.3 Å². The molecular weight excluding hydrogens is 356 g/mol. The van der Waals surface area contributed by atoms with Gasteiger partial charge in [-0.25, -0.2) is 0 Å². The summed E-state index contributed by atoms with van der Waals surface area (Å²) in [6.45, 7) is 4.27. The number of carbonyl (C=O) groups is 3. The molecule has 0 radical (unpaired) electrons. The number of para-hydroxylation sites is 1. The van der Waals surface area contributed by atoms with Crippen LogP contribution in [0, 0.1) is 5.92 Å². The number of anilines is 1. The Morgan fingerprint density at radius 2 is 1.96 bits per heavy atom. The molecule has 1 aliphatic heterocycles. The molecule has 2 atom stereocenters. The highest BCUT2D eigenvalue weighted by Crippen LogP contribution is 2.33. The molecule has 6 heteroatoms. The summed E-state index contributed by atoms with van der Waals surface area (Å²) in [5.74, 6) is -1.01. The first-order chi connectivity index (χ1) is 13.5. The molecule has 1 heterocycles. The Morgan fingerprint density at radius 3 is 2.68 bits per heavy atom. The van der Waals surface area contributed by atoms with Crippen molar-refractivity contribution in [1.82, 2.24) is 5.32 Å². The second kappa shape index (κ2) is 9.22. The van der Waals surface area contributed by atoms with Gasteiger partial charge in [0.25, 0.3) is 5.91 Å². The molecule has 1 aromatic rings. The monoisotopic (exact) mass is 386 g/mol. The maximum Gasteiger partial charge on any atom is 0.311 e. The molecule has 3 rings (SSSR count). The van der Waals surface area contributed by atoms with E-state index in [4.69, 9.17) is 4.74 Å². The van der Waals surface area contributed by atoms with Gasteiger partial charge in [0.1, 0.15) is 0 Å². The van der Waals surface area contributed by atoms with Gasteiger partial charge in [-0.1, -0.05) is 44.9 Å². The number of amides is 2. The van der Waals surface area contributed by atoms with Crippen molar-refractivity contribution >= 4 is 23.5 Å². The topological polar surface area (TPSA) is 75.7 Å². The third-order valence-corrected chi connectivity index (χ3v) is 5.90. The van der Waals surface area contributed by atoms with Crippen LogP contribution in [-0.2, 0) is 19.1 Å². The van der Waals surface area contributed by atoms with Crippen molar-refractivity contribution in [3.05, 3.63) is 29.8 Å². The molecule has 0 spiro atoms. The minimum atomic E-state index is -0.531. The van der Waals surface area contributed by atoms with Crippen molar-refractivity contribution in [2.24, 2.45) is 5.92 Å². The first-order valence-corrected chi connectivity index (χ1v) is 10.3. The first-order valence-electron chi connectivity index (χ1n) is 10.3. The van der Waals surface area contributed by atoms with E-state index in [0.717, 1.165) is 43.4 Å². The Bertz CT molecular complexity index is 727. The smallest absolute Gasteiger partial charge is 0.311 e. The maximum atomic E-state index is 12.6. The molecule has 1 saturated heterocycles. The summed E-state index contributed by atoms with van der Waals surface area (Å²) in [4.78, 5) is 38.6. The highest BCUT2D eigenvalue weighted by Gasteiger charge is 2.37. The molecular formula is C22H30N2O4. The van der Waals surface area contributed by atoms with E-state index < -0.39 is 11.9 Å². The fourth-order valence-corrected chi connectivity index (χ4v) is 4.06. The highest BCUT2D eigenvalue weighted by molar-refractivity contribution is 6.00. The Kier molecular flexibility index (Phi) is 6.70. The van der Waals surface area contributed by atoms with E-state index >= 15 is 0 Å². The van der Waals surface area contributed by atoms with Gasteiger partial charge in [0.05, 0.1) is 5.92 Å². The van der Waals surface area contributed by atoms with Crippen LogP contribution in [-0.4, -0.2) is 37.0 Å². The zero-order chi connectivity index (χ0) is 20.1. The van der Waals surface area contributed by atoms with Gasteiger partial charge in [-0.15, -0.1) is 0 Å². The van der Waals surface area contributed by atoms with E-state index in [1.54, 1.807) is 4.90 Å². The van der Waals surface area contributed by atoms with Crippen LogP contribution < -0.4 is 10.2 Å². The number of hydrogen-bond acceptors (Lipinski definition) is 4. The van der Waals surface area contributed by atoms with Gasteiger partial charge in [-0.05, 0) is 36.8 Å². The largest absolute Gasteiger partial charge is 0.455 e. The summed E-state index contributed by atoms with van der Waals surface area (Å²) in [7, 11) is 0. The number of hydrogen-bond donors (Lipinski definition) is 1. The standard InChI is InChI=1S/C22H30N2O4/c1-3-15(2)18-10-6-7-11-19(18)24-13-16(12-21(24)26)22(27)28-14-20(25)23-17-8-4-5-9-17/h6-7,10-11,15-17H,3-5,8-9,12-14H2,1-2H3,(H,23,25)/t15-,16+/m1/s1. The fraction of sp³-hybridized carbons (Fsp3) is 0.591. The Hall–Kier alpha value is -2.37. The van der Waals surface area contributed by atoms with Crippen molar-refractivity contribution in [3.63, 3.8) is 0 Å². The van der Waals surface area contributed by atoms with Crippen LogP contribution in [0.25, 0.3) is 0 Å². The fourth-order valence-electron chi connectivity index (χ4n) is 4.06. The molecule has 6 nitrogen and oxygen atoms in total. The lowest BCUT2D eigenvalue weighted by atomic mass is 9.96. The van der Waals surface area contributed by atoms with Crippen LogP contribution in [0.15, 0.2) is 24.3 Å². The number of ether oxygens (including phenoxy) is 1. The van der Waals surface area contributed by atoms with Gasteiger partial charge in [-0.3, -0.25) is 14.4 Å². The molecule has 2 fully saturated rings. The van der Waals surface area contributed by atoms with Crippen molar-refractivity contribution < 1.29 is 19.1 Å². The highest BCUT2D eigenvalue weighted by atomic mass is 16.5. The molecule has 2 amide bonds. The summed E-state index contributed by atoms with van der Waals surface area (Å²) < 4.78 is 5.20. The average molecular weight is 386 g/mol. The molecule has 28 heavy (non-hydrogen) atoms. The van der Waals surface area contributed by atoms with Crippen LogP contribution in [0.2, 0.25) is 0 Å². The summed E-state index contributed by atoms with van der Waals surface area (Å²) >= 11 is 0. The minimum absolute atomic E-state index is 0.0758. The van der Waals surface area contributed by atoms with E-state index in [0.29, 0.717) is 12.5 Å². The quantitative estimate of drug-likeness (QED) is 0.731. The van der Waals surface area contributed by atoms with E-state index in [1.165, 1.54) is 0 Å². The number of nitrogens with zero attached hydrogens (tertiary/aromatic N) is 1. The lowest BCUT2D eigenvalue weighted by Crippen LogP contribution is -2.36. The van der Waals surface area contributed by atoms with Gasteiger partial charge < -0.3 is 15.0 Å². The van der Waals surface area contributed by atoms with E-state index in [2.05, 4.69) is 19.2 Å². The third-order valence-electron chi connectivity index (χ3n) is 5.90. The van der Waals surface area contributed by atoms with Gasteiger partial charge in [0, 0.05) is 24.7 Å². The summed E-state index contributed by atoms with van der Waals surface area (Å²) in [5, 5.41) is 2.90. The molecule has 0 bridgehead atoms. The van der Waals surface area contributed by atoms with Crippen molar-refractivity contribution in [2.75, 3.05) is 18.1 Å². The zero-order valence-electron chi connectivity index (χ0n) is 16.8. The summed E-state index contributed by atoms with van der Waals surface area (Å²) in [6, 6.07) is 8.05. The molecule has 2 aliphatic rings. The number of benzene rings is 1. The molecule has 1 aromatic carbocycles. The molecule has 0 aromatic heterocycles. The van der Waals surface area contributed by atoms with Gasteiger partial charge in [-0.2, -0.15) is 0 Å². The van der Waals surface area contributed by atoms with Crippen molar-refractivity contribution in [1.29, 1.82) is 0 Å². The van der Waals surface area contributed by atoms with Crippen molar-refractivity contribution in [3.8, 4) is 0 Å². The number of carbonyl (C=O) groups excluding carboxylic acids is 3. The molecule has 0 unspecified atom stereocenters. The van der Waals surface area contributed by atoms with E-state index in [9.17, 15) is 14.4 Å². The van der Waals surface area contributed by atoms with Gasteiger partial charge in [0.15, 0.2) is 6.61 Å². The number of nitrogens with one attached hydrogen (secondary N) is 1. The number of esters is 1. The predicted octanol–water partition coefficient (Wildman–Crippen LogP) is 3.16. The molecule has 152 valence electrons. The maximum absolute atomic E-state index is 12.6. The van der Waals surface area contributed by atoms with Crippen LogP contribution in [0.1, 0.15) is 63.9 Å². The van der Waals surface area contributed by atoms with E-state index in [1.807, 2.05) is 24.3 Å². The predicted molar refractivity (Wildman–Crippen MR) is 107 cm³/mol. The van der Waals surface area contributed by atoms with Gasteiger partial charge in [0.2, 0.25) is 5.91 Å². The summed E-state index contributed by atoms with van der Waals surface area (Å²) in [5.41, 5.74) is 1.99. The molecule has 1 N–H and O–H groups in total.